The van der Waals surface area contributed by atoms with E-state index < -0.39 is 5.97 Å². The highest BCUT2D eigenvalue weighted by molar-refractivity contribution is 5.80. The van der Waals surface area contributed by atoms with Crippen molar-refractivity contribution in [2.24, 2.45) is 0 Å². The Morgan fingerprint density at radius 1 is 0.867 bits per heavy atom. The summed E-state index contributed by atoms with van der Waals surface area (Å²) < 4.78 is 0. The molecule has 2 aromatic carbocycles. The Balaban J connectivity index is 0.000000243. The fourth-order valence-electron chi connectivity index (χ4n) is 2.21. The van der Waals surface area contributed by atoms with Crippen molar-refractivity contribution < 1.29 is 19.5 Å². The first-order valence-electron chi connectivity index (χ1n) is 9.43. The van der Waals surface area contributed by atoms with Crippen LogP contribution >= 0.6 is 0 Å². The third-order valence-corrected chi connectivity index (χ3v) is 3.84. The van der Waals surface area contributed by atoms with Gasteiger partial charge >= 0.3 is 5.97 Å². The number of aromatic amines is 1. The van der Waals surface area contributed by atoms with Crippen LogP contribution in [0.1, 0.15) is 38.9 Å². The molecule has 30 heavy (non-hydrogen) atoms. The molecule has 0 atom stereocenters. The SMILES string of the molecule is CC(=O)CCC(=O)O.CC(=O)CCc1nc2ccccc2[nH]1.Nc1ccccc1N. The topological polar surface area (TPSA) is 152 Å². The van der Waals surface area contributed by atoms with Gasteiger partial charge in [-0.1, -0.05) is 24.3 Å². The van der Waals surface area contributed by atoms with Crippen molar-refractivity contribution in [2.45, 2.75) is 39.5 Å². The van der Waals surface area contributed by atoms with Crippen LogP contribution in [0.3, 0.4) is 0 Å². The van der Waals surface area contributed by atoms with E-state index in [-0.39, 0.29) is 24.4 Å². The zero-order valence-electron chi connectivity index (χ0n) is 17.2. The van der Waals surface area contributed by atoms with Crippen LogP contribution in [0.2, 0.25) is 0 Å². The standard InChI is InChI=1S/C11H12N2O.C6H8N2.C5H8O3/c1-8(14)6-7-11-12-9-4-2-3-5-10(9)13-11;7-5-3-1-2-4-6(5)8;1-4(6)2-3-5(7)8/h2-5H,6-7H2,1H3,(H,12,13);1-4H,7-8H2;2-3H2,1H3,(H,7,8). The Labute approximate surface area is 175 Å². The number of para-hydroxylation sites is 4. The molecule has 0 saturated carbocycles. The van der Waals surface area contributed by atoms with Crippen molar-refractivity contribution in [2.75, 3.05) is 11.5 Å². The highest BCUT2D eigenvalue weighted by atomic mass is 16.4. The molecule has 0 aliphatic rings. The number of aryl methyl sites for hydroxylation is 1. The summed E-state index contributed by atoms with van der Waals surface area (Å²) in [6, 6.07) is 15.1. The van der Waals surface area contributed by atoms with Crippen molar-refractivity contribution in [1.29, 1.82) is 0 Å². The van der Waals surface area contributed by atoms with Gasteiger partial charge in [0, 0.05) is 19.3 Å². The normalized spacial score (nSPS) is 9.67. The number of imidazole rings is 1. The van der Waals surface area contributed by atoms with E-state index in [0.29, 0.717) is 24.2 Å². The summed E-state index contributed by atoms with van der Waals surface area (Å²) in [6.45, 7) is 2.98. The van der Waals surface area contributed by atoms with Crippen LogP contribution in [-0.2, 0) is 20.8 Å². The van der Waals surface area contributed by atoms with Gasteiger partial charge in [-0.05, 0) is 38.1 Å². The largest absolute Gasteiger partial charge is 0.481 e. The molecule has 0 aliphatic carbocycles. The highest BCUT2D eigenvalue weighted by Gasteiger charge is 2.02. The van der Waals surface area contributed by atoms with Crippen molar-refractivity contribution in [3.05, 3.63) is 54.4 Å². The van der Waals surface area contributed by atoms with Gasteiger partial charge in [-0.2, -0.15) is 0 Å². The molecule has 1 heterocycles. The first-order chi connectivity index (χ1) is 14.2. The van der Waals surface area contributed by atoms with Crippen LogP contribution < -0.4 is 11.5 Å². The molecule has 0 bridgehead atoms. The summed E-state index contributed by atoms with van der Waals surface area (Å²) in [6.07, 6.45) is 1.36. The van der Waals surface area contributed by atoms with Crippen LogP contribution in [0.5, 0.6) is 0 Å². The van der Waals surface area contributed by atoms with Gasteiger partial charge in [-0.15, -0.1) is 0 Å². The third-order valence-electron chi connectivity index (χ3n) is 3.84. The Bertz CT molecular complexity index is 914. The first kappa shape index (κ1) is 24.4. The lowest BCUT2D eigenvalue weighted by Crippen LogP contribution is -1.98. The summed E-state index contributed by atoms with van der Waals surface area (Å²) in [5, 5.41) is 8.01. The lowest BCUT2D eigenvalue weighted by atomic mass is 10.2. The fourth-order valence-corrected chi connectivity index (χ4v) is 2.21. The average molecular weight is 412 g/mol. The number of aromatic nitrogens is 2. The van der Waals surface area contributed by atoms with Gasteiger partial charge < -0.3 is 31.1 Å². The number of fused-ring (bicyclic) bond motifs is 1. The van der Waals surface area contributed by atoms with Gasteiger partial charge in [-0.3, -0.25) is 4.79 Å². The molecule has 0 aliphatic heterocycles. The number of benzene rings is 2. The number of hydrogen-bond donors (Lipinski definition) is 4. The summed E-state index contributed by atoms with van der Waals surface area (Å²) in [5.74, 6) is 0.0967. The number of H-pyrrole nitrogens is 1. The van der Waals surface area contributed by atoms with E-state index in [1.165, 1.54) is 6.92 Å². The molecule has 3 aromatic rings. The van der Waals surface area contributed by atoms with Gasteiger partial charge in [0.15, 0.2) is 0 Å². The zero-order valence-corrected chi connectivity index (χ0v) is 17.2. The number of Topliss-reactive ketones (excluding diaryl/α,β-unsaturated/α-hetero) is 2. The van der Waals surface area contributed by atoms with Crippen LogP contribution in [-0.4, -0.2) is 32.6 Å². The molecule has 0 amide bonds. The number of carbonyl (C=O) groups is 3. The number of carboxylic acids is 1. The van der Waals surface area contributed by atoms with Crippen LogP contribution in [0.4, 0.5) is 11.4 Å². The monoisotopic (exact) mass is 412 g/mol. The molecule has 0 fully saturated rings. The van der Waals surface area contributed by atoms with Crippen LogP contribution in [0.15, 0.2) is 48.5 Å². The van der Waals surface area contributed by atoms with E-state index in [1.807, 2.05) is 36.4 Å². The van der Waals surface area contributed by atoms with E-state index in [2.05, 4.69) is 9.97 Å². The average Bonchev–Trinajstić information content (AvgIpc) is 3.11. The molecule has 8 heteroatoms. The van der Waals surface area contributed by atoms with Crippen LogP contribution in [0, 0.1) is 0 Å². The van der Waals surface area contributed by atoms with Gasteiger partial charge in [0.1, 0.15) is 17.4 Å². The maximum absolute atomic E-state index is 10.8. The van der Waals surface area contributed by atoms with E-state index >= 15 is 0 Å². The van der Waals surface area contributed by atoms with Gasteiger partial charge in [0.05, 0.1) is 28.8 Å². The molecule has 8 nitrogen and oxygen atoms in total. The summed E-state index contributed by atoms with van der Waals surface area (Å²) in [5.41, 5.74) is 14.1. The summed E-state index contributed by atoms with van der Waals surface area (Å²) in [7, 11) is 0. The Morgan fingerprint density at radius 2 is 1.40 bits per heavy atom. The molecule has 160 valence electrons. The van der Waals surface area contributed by atoms with Gasteiger partial charge in [-0.25, -0.2) is 4.98 Å². The quantitative estimate of drug-likeness (QED) is 0.453. The molecule has 0 unspecified atom stereocenters. The molecular weight excluding hydrogens is 384 g/mol. The van der Waals surface area contributed by atoms with E-state index in [9.17, 15) is 14.4 Å². The van der Waals surface area contributed by atoms with Crippen molar-refractivity contribution in [3.63, 3.8) is 0 Å². The van der Waals surface area contributed by atoms with Crippen molar-refractivity contribution in [3.8, 4) is 0 Å². The number of nitrogens with two attached hydrogens (primary N) is 2. The number of nitrogens with one attached hydrogen (secondary N) is 1. The first-order valence-corrected chi connectivity index (χ1v) is 9.43. The summed E-state index contributed by atoms with van der Waals surface area (Å²) in [4.78, 5) is 38.2. The maximum Gasteiger partial charge on any atom is 0.303 e. The predicted molar refractivity (Wildman–Crippen MR) is 118 cm³/mol. The third kappa shape index (κ3) is 10.0. The number of ketones is 2. The minimum absolute atomic E-state index is 0.0463. The molecule has 3 rings (SSSR count). The number of nitrogen functional groups attached to an aromatic ring is 2. The number of nitrogens with zero attached hydrogens (tertiary/aromatic N) is 1. The zero-order chi connectivity index (χ0) is 22.5. The number of aliphatic carboxylic acids is 1. The van der Waals surface area contributed by atoms with Crippen molar-refractivity contribution >= 4 is 39.9 Å². The molecule has 0 saturated heterocycles. The minimum Gasteiger partial charge on any atom is -0.481 e. The Morgan fingerprint density at radius 3 is 1.83 bits per heavy atom. The van der Waals surface area contributed by atoms with Gasteiger partial charge in [0.25, 0.3) is 0 Å². The van der Waals surface area contributed by atoms with Crippen molar-refractivity contribution in [1.82, 2.24) is 9.97 Å². The predicted octanol–water partition coefficient (Wildman–Crippen LogP) is 3.38. The lowest BCUT2D eigenvalue weighted by Gasteiger charge is -1.94. The number of anilines is 2. The minimum atomic E-state index is -0.916. The number of carboxylic acid groups (broad SMARTS) is 1. The highest BCUT2D eigenvalue weighted by Crippen LogP contribution is 2.11. The number of hydrogen-bond acceptors (Lipinski definition) is 6. The maximum atomic E-state index is 10.8. The number of rotatable bonds is 6. The van der Waals surface area contributed by atoms with Crippen LogP contribution in [0.25, 0.3) is 11.0 Å². The number of carbonyl (C=O) groups excluding carboxylic acids is 2. The summed E-state index contributed by atoms with van der Waals surface area (Å²) >= 11 is 0. The van der Waals surface area contributed by atoms with E-state index in [1.54, 1.807) is 19.1 Å². The Kier molecular flexibility index (Phi) is 10.3. The second kappa shape index (κ2) is 12.7. The Hall–Kier alpha value is -3.68. The molecule has 0 spiro atoms. The lowest BCUT2D eigenvalue weighted by molar-refractivity contribution is -0.138. The molecule has 6 N–H and O–H groups in total. The van der Waals surface area contributed by atoms with E-state index in [4.69, 9.17) is 16.6 Å². The molecule has 1 aromatic heterocycles. The fraction of sp³-hybridized carbons (Fsp3) is 0.273. The van der Waals surface area contributed by atoms with E-state index in [0.717, 1.165) is 16.9 Å². The molecule has 0 radical (unpaired) electrons. The van der Waals surface area contributed by atoms with Gasteiger partial charge in [0.2, 0.25) is 0 Å². The smallest absolute Gasteiger partial charge is 0.303 e. The second-order valence-corrected chi connectivity index (χ2v) is 6.63. The second-order valence-electron chi connectivity index (χ2n) is 6.63. The molecular formula is C22H28N4O4.